The molecule has 2 heteroatoms. The largest absolute Gasteiger partial charge is 0.385 e. The van der Waals surface area contributed by atoms with Crippen LogP contribution in [-0.2, 0) is 5.60 Å². The van der Waals surface area contributed by atoms with Gasteiger partial charge in [0.25, 0.3) is 0 Å². The lowest BCUT2D eigenvalue weighted by Crippen LogP contribution is -2.31. The van der Waals surface area contributed by atoms with E-state index in [1.165, 1.54) is 0 Å². The molecule has 1 rings (SSSR count). The molecule has 1 aromatic carbocycles. The number of rotatable bonds is 3. The molecule has 1 unspecified atom stereocenters. The lowest BCUT2D eigenvalue weighted by molar-refractivity contribution is -0.0140. The molecule has 1 N–H and O–H groups in total. The monoisotopic (exact) mass is 212 g/mol. The number of benzene rings is 1. The second-order valence-electron chi connectivity index (χ2n) is 3.94. The Hall–Kier alpha value is -0.530. The second kappa shape index (κ2) is 4.33. The van der Waals surface area contributed by atoms with Crippen LogP contribution in [0.1, 0.15) is 32.8 Å². The summed E-state index contributed by atoms with van der Waals surface area (Å²) in [4.78, 5) is 0. The highest BCUT2D eigenvalue weighted by molar-refractivity contribution is 6.30. The van der Waals surface area contributed by atoms with E-state index in [-0.39, 0.29) is 5.92 Å². The van der Waals surface area contributed by atoms with E-state index in [2.05, 4.69) is 0 Å². The predicted octanol–water partition coefficient (Wildman–Crippen LogP) is 3.59. The van der Waals surface area contributed by atoms with Crippen molar-refractivity contribution in [2.24, 2.45) is 5.92 Å². The molecule has 0 saturated carbocycles. The van der Waals surface area contributed by atoms with Crippen molar-refractivity contribution in [1.82, 2.24) is 0 Å². The van der Waals surface area contributed by atoms with Crippen molar-refractivity contribution in [3.05, 3.63) is 34.9 Å². The Labute approximate surface area is 90.7 Å². The van der Waals surface area contributed by atoms with Crippen molar-refractivity contribution in [2.75, 3.05) is 0 Å². The maximum Gasteiger partial charge on any atom is 0.0917 e. The number of aliphatic hydroxyl groups is 1. The van der Waals surface area contributed by atoms with Gasteiger partial charge in [-0.3, -0.25) is 0 Å². The third-order valence-corrected chi connectivity index (χ3v) is 3.05. The van der Waals surface area contributed by atoms with Crippen LogP contribution < -0.4 is 0 Å². The van der Waals surface area contributed by atoms with Crippen LogP contribution in [-0.4, -0.2) is 5.11 Å². The highest BCUT2D eigenvalue weighted by atomic mass is 35.5. The third kappa shape index (κ3) is 2.10. The van der Waals surface area contributed by atoms with E-state index in [0.29, 0.717) is 11.4 Å². The first-order valence-corrected chi connectivity index (χ1v) is 5.37. The molecule has 0 fully saturated rings. The first kappa shape index (κ1) is 11.5. The van der Waals surface area contributed by atoms with Gasteiger partial charge < -0.3 is 5.11 Å². The van der Waals surface area contributed by atoms with Gasteiger partial charge >= 0.3 is 0 Å². The minimum Gasteiger partial charge on any atom is -0.385 e. The molecule has 1 aromatic rings. The normalized spacial score (nSPS) is 15.6. The van der Waals surface area contributed by atoms with Crippen LogP contribution in [0.25, 0.3) is 0 Å². The molecule has 14 heavy (non-hydrogen) atoms. The second-order valence-corrected chi connectivity index (χ2v) is 4.38. The van der Waals surface area contributed by atoms with E-state index < -0.39 is 5.60 Å². The van der Waals surface area contributed by atoms with Gasteiger partial charge in [-0.05, 0) is 30.0 Å². The van der Waals surface area contributed by atoms with E-state index in [0.717, 1.165) is 5.56 Å². The Bertz CT molecular complexity index is 309. The fourth-order valence-electron chi connectivity index (χ4n) is 1.70. The average molecular weight is 213 g/mol. The van der Waals surface area contributed by atoms with Crippen LogP contribution in [0.5, 0.6) is 0 Å². The van der Waals surface area contributed by atoms with Crippen LogP contribution in [0.4, 0.5) is 0 Å². The molecule has 0 spiro atoms. The Balaban J connectivity index is 3.12. The van der Waals surface area contributed by atoms with Gasteiger partial charge in [-0.15, -0.1) is 0 Å². The van der Waals surface area contributed by atoms with Gasteiger partial charge in [0.15, 0.2) is 0 Å². The fourth-order valence-corrected chi connectivity index (χ4v) is 1.89. The number of hydrogen-bond donors (Lipinski definition) is 1. The highest BCUT2D eigenvalue weighted by Gasteiger charge is 2.30. The van der Waals surface area contributed by atoms with E-state index in [9.17, 15) is 5.11 Å². The van der Waals surface area contributed by atoms with Gasteiger partial charge in [-0.1, -0.05) is 44.5 Å². The van der Waals surface area contributed by atoms with Gasteiger partial charge in [0, 0.05) is 5.02 Å². The molecule has 0 aliphatic heterocycles. The quantitative estimate of drug-likeness (QED) is 0.812. The minimum atomic E-state index is -0.759. The van der Waals surface area contributed by atoms with Gasteiger partial charge in [0.2, 0.25) is 0 Å². The molecule has 1 atom stereocenters. The maximum atomic E-state index is 10.4. The lowest BCUT2D eigenvalue weighted by atomic mass is 9.81. The zero-order valence-corrected chi connectivity index (χ0v) is 9.67. The average Bonchev–Trinajstić information content (AvgIpc) is 2.16. The van der Waals surface area contributed by atoms with Crippen molar-refractivity contribution in [2.45, 2.75) is 32.8 Å². The minimum absolute atomic E-state index is 0.186. The van der Waals surface area contributed by atoms with Crippen LogP contribution in [0.2, 0.25) is 5.02 Å². The summed E-state index contributed by atoms with van der Waals surface area (Å²) in [6, 6.07) is 7.46. The van der Waals surface area contributed by atoms with Gasteiger partial charge in [0.05, 0.1) is 5.60 Å². The topological polar surface area (TPSA) is 20.2 Å². The summed E-state index contributed by atoms with van der Waals surface area (Å²) < 4.78 is 0. The molecule has 0 radical (unpaired) electrons. The molecule has 0 aromatic heterocycles. The van der Waals surface area contributed by atoms with E-state index in [1.807, 2.05) is 45.0 Å². The summed E-state index contributed by atoms with van der Waals surface area (Å²) in [5.41, 5.74) is 0.146. The predicted molar refractivity (Wildman–Crippen MR) is 60.5 cm³/mol. The zero-order valence-electron chi connectivity index (χ0n) is 8.92. The molecular weight excluding hydrogens is 196 g/mol. The molecular formula is C12H17ClO. The number of hydrogen-bond acceptors (Lipinski definition) is 1. The van der Waals surface area contributed by atoms with E-state index in [1.54, 1.807) is 0 Å². The molecule has 0 bridgehead atoms. The zero-order chi connectivity index (χ0) is 10.8. The summed E-state index contributed by atoms with van der Waals surface area (Å²) in [6.45, 7) is 6.02. The Morgan fingerprint density at radius 2 is 2.07 bits per heavy atom. The summed E-state index contributed by atoms with van der Waals surface area (Å²) >= 11 is 5.90. The smallest absolute Gasteiger partial charge is 0.0917 e. The SMILES string of the molecule is CCC(O)(c1cccc(Cl)c1)C(C)C. The molecule has 0 saturated heterocycles. The molecule has 78 valence electrons. The van der Waals surface area contributed by atoms with Crippen LogP contribution in [0, 0.1) is 5.92 Å². The first-order valence-electron chi connectivity index (χ1n) is 4.99. The van der Waals surface area contributed by atoms with E-state index >= 15 is 0 Å². The summed E-state index contributed by atoms with van der Waals surface area (Å²) in [5.74, 6) is 0.186. The van der Waals surface area contributed by atoms with Gasteiger partial charge in [-0.2, -0.15) is 0 Å². The summed E-state index contributed by atoms with van der Waals surface area (Å²) in [5, 5.41) is 11.1. The Kier molecular flexibility index (Phi) is 3.57. The number of halogens is 1. The summed E-state index contributed by atoms with van der Waals surface area (Å²) in [6.07, 6.45) is 0.699. The van der Waals surface area contributed by atoms with Crippen molar-refractivity contribution in [3.8, 4) is 0 Å². The lowest BCUT2D eigenvalue weighted by Gasteiger charge is -2.31. The van der Waals surface area contributed by atoms with Gasteiger partial charge in [0.1, 0.15) is 0 Å². The molecule has 0 aliphatic carbocycles. The standard InChI is InChI=1S/C12H17ClO/c1-4-12(14,9(2)3)10-6-5-7-11(13)8-10/h5-9,14H,4H2,1-3H3. The van der Waals surface area contributed by atoms with Crippen molar-refractivity contribution in [1.29, 1.82) is 0 Å². The molecule has 0 amide bonds. The summed E-state index contributed by atoms with van der Waals surface area (Å²) in [7, 11) is 0. The van der Waals surface area contributed by atoms with Crippen molar-refractivity contribution < 1.29 is 5.11 Å². The molecule has 0 heterocycles. The Morgan fingerprint density at radius 1 is 1.43 bits per heavy atom. The fraction of sp³-hybridized carbons (Fsp3) is 0.500. The van der Waals surface area contributed by atoms with Gasteiger partial charge in [-0.25, -0.2) is 0 Å². The third-order valence-electron chi connectivity index (χ3n) is 2.82. The van der Waals surface area contributed by atoms with E-state index in [4.69, 9.17) is 11.6 Å². The maximum absolute atomic E-state index is 10.4. The highest BCUT2D eigenvalue weighted by Crippen LogP contribution is 2.33. The Morgan fingerprint density at radius 3 is 2.50 bits per heavy atom. The van der Waals surface area contributed by atoms with Crippen LogP contribution in [0.3, 0.4) is 0 Å². The van der Waals surface area contributed by atoms with Crippen LogP contribution in [0.15, 0.2) is 24.3 Å². The molecule has 0 aliphatic rings. The van der Waals surface area contributed by atoms with Crippen molar-refractivity contribution >= 4 is 11.6 Å². The first-order chi connectivity index (χ1) is 6.50. The van der Waals surface area contributed by atoms with Crippen LogP contribution >= 0.6 is 11.6 Å². The molecule has 1 nitrogen and oxygen atoms in total. The van der Waals surface area contributed by atoms with Crippen molar-refractivity contribution in [3.63, 3.8) is 0 Å².